The van der Waals surface area contributed by atoms with Gasteiger partial charge in [-0.2, -0.15) is 0 Å². The van der Waals surface area contributed by atoms with Gasteiger partial charge in [-0.25, -0.2) is 4.79 Å². The lowest BCUT2D eigenvalue weighted by Crippen LogP contribution is -2.22. The largest absolute Gasteiger partial charge is 0.465 e. The molecule has 0 saturated carbocycles. The van der Waals surface area contributed by atoms with Crippen molar-refractivity contribution in [3.05, 3.63) is 59.7 Å². The highest BCUT2D eigenvalue weighted by molar-refractivity contribution is 5.96. The van der Waals surface area contributed by atoms with Gasteiger partial charge in [-0.15, -0.1) is 0 Å². The van der Waals surface area contributed by atoms with E-state index < -0.39 is 5.97 Å². The van der Waals surface area contributed by atoms with Gasteiger partial charge in [0, 0.05) is 24.5 Å². The van der Waals surface area contributed by atoms with E-state index in [0.29, 0.717) is 11.3 Å². The van der Waals surface area contributed by atoms with Gasteiger partial charge in [0.05, 0.1) is 12.7 Å². The van der Waals surface area contributed by atoms with Crippen LogP contribution >= 0.6 is 0 Å². The Hall–Kier alpha value is -2.49. The van der Waals surface area contributed by atoms with Crippen LogP contribution in [-0.2, 0) is 11.3 Å². The summed E-state index contributed by atoms with van der Waals surface area (Å²) in [4.78, 5) is 13.9. The molecule has 0 atom stereocenters. The van der Waals surface area contributed by atoms with Gasteiger partial charge in [0.2, 0.25) is 0 Å². The molecule has 2 aromatic rings. The van der Waals surface area contributed by atoms with Gasteiger partial charge >= 0.3 is 5.97 Å². The SMILES string of the molecule is CCN(Cc1ccccc1)c1ccc(N)c(C(=O)OC)c1. The maximum absolute atomic E-state index is 11.7. The molecule has 4 nitrogen and oxygen atoms in total. The molecule has 2 N–H and O–H groups in total. The first-order chi connectivity index (χ1) is 10.2. The van der Waals surface area contributed by atoms with Gasteiger partial charge in [0.15, 0.2) is 0 Å². The monoisotopic (exact) mass is 284 g/mol. The van der Waals surface area contributed by atoms with Crippen LogP contribution in [0, 0.1) is 0 Å². The third kappa shape index (κ3) is 3.54. The van der Waals surface area contributed by atoms with Crippen LogP contribution in [-0.4, -0.2) is 19.6 Å². The summed E-state index contributed by atoms with van der Waals surface area (Å²) in [6.45, 7) is 3.69. The van der Waals surface area contributed by atoms with Crippen LogP contribution in [0.4, 0.5) is 11.4 Å². The molecule has 0 aliphatic rings. The first-order valence-electron chi connectivity index (χ1n) is 6.92. The molecule has 0 aliphatic heterocycles. The maximum atomic E-state index is 11.7. The Morgan fingerprint density at radius 2 is 1.90 bits per heavy atom. The quantitative estimate of drug-likeness (QED) is 0.677. The molecule has 2 aromatic carbocycles. The van der Waals surface area contributed by atoms with E-state index in [1.165, 1.54) is 12.7 Å². The van der Waals surface area contributed by atoms with E-state index in [-0.39, 0.29) is 0 Å². The number of rotatable bonds is 5. The molecule has 0 aliphatic carbocycles. The van der Waals surface area contributed by atoms with Gasteiger partial charge in [-0.1, -0.05) is 30.3 Å². The summed E-state index contributed by atoms with van der Waals surface area (Å²) in [6.07, 6.45) is 0. The molecule has 0 saturated heterocycles. The molecule has 4 heteroatoms. The van der Waals surface area contributed by atoms with E-state index in [0.717, 1.165) is 18.8 Å². The minimum atomic E-state index is -0.412. The molecule has 2 rings (SSSR count). The van der Waals surface area contributed by atoms with Crippen molar-refractivity contribution in [1.29, 1.82) is 0 Å². The Bertz CT molecular complexity index is 611. The van der Waals surface area contributed by atoms with E-state index in [2.05, 4.69) is 24.0 Å². The van der Waals surface area contributed by atoms with Crippen molar-refractivity contribution in [2.45, 2.75) is 13.5 Å². The first kappa shape index (κ1) is 14.9. The molecule has 0 spiro atoms. The zero-order valence-electron chi connectivity index (χ0n) is 12.4. The van der Waals surface area contributed by atoms with Gasteiger partial charge in [0.25, 0.3) is 0 Å². The highest BCUT2D eigenvalue weighted by Crippen LogP contribution is 2.23. The smallest absolute Gasteiger partial charge is 0.340 e. The number of esters is 1. The van der Waals surface area contributed by atoms with Crippen LogP contribution in [0.2, 0.25) is 0 Å². The molecule has 21 heavy (non-hydrogen) atoms. The van der Waals surface area contributed by atoms with E-state index in [1.807, 2.05) is 24.3 Å². The molecule has 0 fully saturated rings. The highest BCUT2D eigenvalue weighted by Gasteiger charge is 2.13. The molecule has 0 unspecified atom stereocenters. The van der Waals surface area contributed by atoms with Crippen LogP contribution in [0.15, 0.2) is 48.5 Å². The zero-order chi connectivity index (χ0) is 15.2. The number of anilines is 2. The number of nitrogens with two attached hydrogens (primary N) is 1. The summed E-state index contributed by atoms with van der Waals surface area (Å²) in [5, 5.41) is 0. The molecular formula is C17H20N2O2. The number of ether oxygens (including phenoxy) is 1. The lowest BCUT2D eigenvalue weighted by molar-refractivity contribution is 0.0602. The Balaban J connectivity index is 2.28. The Labute approximate surface area is 125 Å². The van der Waals surface area contributed by atoms with Crippen molar-refractivity contribution in [3.8, 4) is 0 Å². The molecule has 0 bridgehead atoms. The van der Waals surface area contributed by atoms with E-state index >= 15 is 0 Å². The number of benzene rings is 2. The van der Waals surface area contributed by atoms with E-state index in [9.17, 15) is 4.79 Å². The van der Waals surface area contributed by atoms with Crippen molar-refractivity contribution in [1.82, 2.24) is 0 Å². The molecule has 110 valence electrons. The minimum Gasteiger partial charge on any atom is -0.465 e. The lowest BCUT2D eigenvalue weighted by atomic mass is 10.1. The van der Waals surface area contributed by atoms with Crippen molar-refractivity contribution in [3.63, 3.8) is 0 Å². The van der Waals surface area contributed by atoms with Crippen LogP contribution in [0.3, 0.4) is 0 Å². The van der Waals surface area contributed by atoms with Crippen LogP contribution in [0.5, 0.6) is 0 Å². The van der Waals surface area contributed by atoms with E-state index in [1.54, 1.807) is 12.1 Å². The number of nitrogen functional groups attached to an aromatic ring is 1. The standard InChI is InChI=1S/C17H20N2O2/c1-3-19(12-13-7-5-4-6-8-13)14-9-10-16(18)15(11-14)17(20)21-2/h4-11H,3,12,18H2,1-2H3. The Morgan fingerprint density at radius 3 is 2.52 bits per heavy atom. The normalized spacial score (nSPS) is 10.2. The van der Waals surface area contributed by atoms with Gasteiger partial charge in [0.1, 0.15) is 0 Å². The summed E-state index contributed by atoms with van der Waals surface area (Å²) in [5.41, 5.74) is 8.85. The van der Waals surface area contributed by atoms with Gasteiger partial charge < -0.3 is 15.4 Å². The highest BCUT2D eigenvalue weighted by atomic mass is 16.5. The second-order valence-corrected chi connectivity index (χ2v) is 4.76. The van der Waals surface area contributed by atoms with Crippen molar-refractivity contribution >= 4 is 17.3 Å². The number of nitrogens with zero attached hydrogens (tertiary/aromatic N) is 1. The summed E-state index contributed by atoms with van der Waals surface area (Å²) in [7, 11) is 1.36. The number of carbonyl (C=O) groups is 1. The van der Waals surface area contributed by atoms with Crippen LogP contribution in [0.25, 0.3) is 0 Å². The third-order valence-electron chi connectivity index (χ3n) is 3.41. The maximum Gasteiger partial charge on any atom is 0.340 e. The zero-order valence-corrected chi connectivity index (χ0v) is 12.4. The van der Waals surface area contributed by atoms with Gasteiger partial charge in [-0.3, -0.25) is 0 Å². The average Bonchev–Trinajstić information content (AvgIpc) is 2.53. The molecule has 0 amide bonds. The van der Waals surface area contributed by atoms with Gasteiger partial charge in [-0.05, 0) is 30.7 Å². The van der Waals surface area contributed by atoms with E-state index in [4.69, 9.17) is 10.5 Å². The predicted octanol–water partition coefficient (Wildman–Crippen LogP) is 3.08. The topological polar surface area (TPSA) is 55.6 Å². The summed E-state index contributed by atoms with van der Waals surface area (Å²) in [5.74, 6) is -0.412. The van der Waals surface area contributed by atoms with Crippen molar-refractivity contribution in [2.24, 2.45) is 0 Å². The van der Waals surface area contributed by atoms with Crippen LogP contribution < -0.4 is 10.6 Å². The Morgan fingerprint density at radius 1 is 1.19 bits per heavy atom. The summed E-state index contributed by atoms with van der Waals surface area (Å²) >= 11 is 0. The molecular weight excluding hydrogens is 264 g/mol. The third-order valence-corrected chi connectivity index (χ3v) is 3.41. The number of carbonyl (C=O) groups excluding carboxylic acids is 1. The fraction of sp³-hybridized carbons (Fsp3) is 0.235. The lowest BCUT2D eigenvalue weighted by Gasteiger charge is -2.24. The van der Waals surface area contributed by atoms with Crippen molar-refractivity contribution < 1.29 is 9.53 Å². The average molecular weight is 284 g/mol. The second-order valence-electron chi connectivity index (χ2n) is 4.76. The predicted molar refractivity (Wildman–Crippen MR) is 85.4 cm³/mol. The fourth-order valence-corrected chi connectivity index (χ4v) is 2.22. The summed E-state index contributed by atoms with van der Waals surface area (Å²) in [6, 6.07) is 15.7. The summed E-state index contributed by atoms with van der Waals surface area (Å²) < 4.78 is 4.77. The number of hydrogen-bond donors (Lipinski definition) is 1. The minimum absolute atomic E-state index is 0.404. The number of methoxy groups -OCH3 is 1. The first-order valence-corrected chi connectivity index (χ1v) is 6.92. The Kier molecular flexibility index (Phi) is 4.82. The number of hydrogen-bond acceptors (Lipinski definition) is 4. The molecule has 0 aromatic heterocycles. The van der Waals surface area contributed by atoms with Crippen LogP contribution in [0.1, 0.15) is 22.8 Å². The van der Waals surface area contributed by atoms with Crippen molar-refractivity contribution in [2.75, 3.05) is 24.3 Å². The second kappa shape index (κ2) is 6.79. The molecule has 0 radical (unpaired) electrons. The fourth-order valence-electron chi connectivity index (χ4n) is 2.22. The molecule has 0 heterocycles.